The lowest BCUT2D eigenvalue weighted by Crippen LogP contribution is -2.14. The van der Waals surface area contributed by atoms with Crippen LogP contribution in [-0.4, -0.2) is 41.0 Å². The normalized spacial score (nSPS) is 12.2. The van der Waals surface area contributed by atoms with E-state index < -0.39 is 0 Å². The van der Waals surface area contributed by atoms with Crippen LogP contribution in [0.4, 0.5) is 5.82 Å². The van der Waals surface area contributed by atoms with E-state index in [1.165, 1.54) is 11.8 Å². The Morgan fingerprint density at radius 1 is 1.14 bits per heavy atom. The Bertz CT molecular complexity index is 1090. The number of aliphatic hydroxyl groups excluding tert-OH is 1. The number of nitrogens with one attached hydrogen (secondary N) is 1. The van der Waals surface area contributed by atoms with Crippen LogP contribution in [0.15, 0.2) is 94.7 Å². The number of carbonyl (C=O) groups is 1. The summed E-state index contributed by atoms with van der Waals surface area (Å²) >= 11 is 1.53. The number of allylic oxidation sites excluding steroid dienone is 6. The lowest BCUT2D eigenvalue weighted by molar-refractivity contribution is -0.115. The Morgan fingerprint density at radius 3 is 2.41 bits per heavy atom. The monoisotopic (exact) mass is 518 g/mol. The van der Waals surface area contributed by atoms with Crippen molar-refractivity contribution in [2.45, 2.75) is 59.3 Å². The fourth-order valence-corrected chi connectivity index (χ4v) is 3.90. The summed E-state index contributed by atoms with van der Waals surface area (Å²) in [6.45, 7) is 21.7. The Labute approximate surface area is 228 Å². The zero-order valence-electron chi connectivity index (χ0n) is 22.6. The molecule has 0 bridgehead atoms. The van der Waals surface area contributed by atoms with Gasteiger partial charge in [0.25, 0.3) is 0 Å². The van der Waals surface area contributed by atoms with Gasteiger partial charge in [-0.25, -0.2) is 0 Å². The lowest BCUT2D eigenvalue weighted by Gasteiger charge is -2.24. The molecular formula is C29H39BN4O2S. The molecule has 1 rings (SSSR count). The maximum Gasteiger partial charge on any atom is 0.229 e. The van der Waals surface area contributed by atoms with E-state index in [1.54, 1.807) is 12.1 Å². The summed E-state index contributed by atoms with van der Waals surface area (Å²) in [7, 11) is 7.45. The van der Waals surface area contributed by atoms with Crippen LogP contribution in [0.25, 0.3) is 0 Å². The summed E-state index contributed by atoms with van der Waals surface area (Å²) in [5.74, 6) is 0.320. The topological polar surface area (TPSA) is 78.4 Å². The first-order chi connectivity index (χ1) is 17.5. The number of nitrogens with zero attached hydrogens (tertiary/aromatic N) is 3. The molecule has 0 spiro atoms. The van der Waals surface area contributed by atoms with Gasteiger partial charge in [0.05, 0.1) is 10.7 Å². The molecular weight excluding hydrogens is 479 g/mol. The molecule has 1 amide bonds. The van der Waals surface area contributed by atoms with Crippen molar-refractivity contribution >= 4 is 31.3 Å². The van der Waals surface area contributed by atoms with Crippen molar-refractivity contribution in [1.82, 2.24) is 15.1 Å². The average Bonchev–Trinajstić information content (AvgIpc) is 2.86. The third-order valence-electron chi connectivity index (χ3n) is 5.60. The number of hydrogen-bond donors (Lipinski definition) is 2. The molecule has 0 aliphatic rings. The molecule has 2 N–H and O–H groups in total. The number of amides is 1. The molecule has 0 fully saturated rings. The SMILES string of the molecule is [B]C(=C)/C(O)=C\C(=C/C)CC(=C)N(C)C(=C)SC(=C)CCCCc1ccc(NC(=O)C/C(C)=C/C)nn1. The Kier molecular flexibility index (Phi) is 14.2. The van der Waals surface area contributed by atoms with Gasteiger partial charge in [0, 0.05) is 25.6 Å². The van der Waals surface area contributed by atoms with Crippen molar-refractivity contribution < 1.29 is 9.90 Å². The van der Waals surface area contributed by atoms with Gasteiger partial charge in [-0.2, -0.15) is 5.10 Å². The molecule has 0 aliphatic carbocycles. The summed E-state index contributed by atoms with van der Waals surface area (Å²) in [6, 6.07) is 3.68. The summed E-state index contributed by atoms with van der Waals surface area (Å²) in [5.41, 5.74) is 3.73. The molecule has 0 unspecified atom stereocenters. The number of aryl methyl sites for hydroxylation is 1. The van der Waals surface area contributed by atoms with Crippen LogP contribution < -0.4 is 5.32 Å². The molecule has 0 saturated heterocycles. The second-order valence-electron chi connectivity index (χ2n) is 8.73. The molecule has 1 aromatic heterocycles. The molecule has 1 heterocycles. The van der Waals surface area contributed by atoms with Crippen LogP contribution >= 0.6 is 11.8 Å². The van der Waals surface area contributed by atoms with Gasteiger partial charge in [-0.05, 0) is 75.1 Å². The summed E-state index contributed by atoms with van der Waals surface area (Å²) in [6.07, 6.45) is 9.85. The number of carbonyl (C=O) groups excluding carboxylic acids is 1. The van der Waals surface area contributed by atoms with E-state index in [0.29, 0.717) is 18.7 Å². The van der Waals surface area contributed by atoms with Crippen molar-refractivity contribution in [1.29, 1.82) is 0 Å². The molecule has 8 heteroatoms. The second-order valence-corrected chi connectivity index (χ2v) is 9.98. The fourth-order valence-electron chi connectivity index (χ4n) is 3.05. The van der Waals surface area contributed by atoms with E-state index in [-0.39, 0.29) is 17.1 Å². The summed E-state index contributed by atoms with van der Waals surface area (Å²) in [5, 5.41) is 21.8. The zero-order valence-corrected chi connectivity index (χ0v) is 23.5. The highest BCUT2D eigenvalue weighted by Gasteiger charge is 2.11. The first-order valence-electron chi connectivity index (χ1n) is 12.2. The van der Waals surface area contributed by atoms with Gasteiger partial charge in [0.2, 0.25) is 5.91 Å². The summed E-state index contributed by atoms with van der Waals surface area (Å²) < 4.78 is 0. The molecule has 6 nitrogen and oxygen atoms in total. The first kappa shape index (κ1) is 31.8. The van der Waals surface area contributed by atoms with Gasteiger partial charge in [-0.1, -0.05) is 54.7 Å². The Hall–Kier alpha value is -3.26. The van der Waals surface area contributed by atoms with Crippen molar-refractivity contribution in [2.75, 3.05) is 12.4 Å². The number of aromatic nitrogens is 2. The van der Waals surface area contributed by atoms with E-state index in [9.17, 15) is 9.90 Å². The minimum atomic E-state index is -0.0965. The fraction of sp³-hybridized carbons (Fsp3) is 0.345. The number of unbranched alkanes of at least 4 members (excludes halogenated alkanes) is 1. The highest BCUT2D eigenvalue weighted by Crippen LogP contribution is 2.31. The van der Waals surface area contributed by atoms with Gasteiger partial charge < -0.3 is 15.3 Å². The Balaban J connectivity index is 2.42. The van der Waals surface area contributed by atoms with Crippen molar-refractivity contribution in [3.8, 4) is 0 Å². The molecule has 37 heavy (non-hydrogen) atoms. The average molecular weight is 519 g/mol. The van der Waals surface area contributed by atoms with Crippen LogP contribution in [0.1, 0.15) is 58.6 Å². The molecule has 2 radical (unpaired) electrons. The number of anilines is 1. The van der Waals surface area contributed by atoms with Crippen molar-refractivity contribution in [3.05, 3.63) is 100 Å². The van der Waals surface area contributed by atoms with E-state index in [1.807, 2.05) is 50.9 Å². The molecule has 1 aromatic rings. The Morgan fingerprint density at radius 2 is 1.84 bits per heavy atom. The summed E-state index contributed by atoms with van der Waals surface area (Å²) in [4.78, 5) is 14.9. The van der Waals surface area contributed by atoms with Crippen molar-refractivity contribution in [3.63, 3.8) is 0 Å². The predicted octanol–water partition coefficient (Wildman–Crippen LogP) is 7.11. The number of hydrogen-bond acceptors (Lipinski definition) is 6. The van der Waals surface area contributed by atoms with Gasteiger partial charge >= 0.3 is 0 Å². The smallest absolute Gasteiger partial charge is 0.229 e. The van der Waals surface area contributed by atoms with Gasteiger partial charge in [-0.15, -0.1) is 11.7 Å². The molecule has 0 aromatic carbocycles. The van der Waals surface area contributed by atoms with Crippen LogP contribution in [0.5, 0.6) is 0 Å². The van der Waals surface area contributed by atoms with Crippen LogP contribution in [0.2, 0.25) is 0 Å². The second kappa shape index (κ2) is 16.5. The predicted molar refractivity (Wildman–Crippen MR) is 159 cm³/mol. The molecule has 0 atom stereocenters. The minimum Gasteiger partial charge on any atom is -0.509 e. The third kappa shape index (κ3) is 12.5. The van der Waals surface area contributed by atoms with Gasteiger partial charge in [-0.3, -0.25) is 4.79 Å². The highest BCUT2D eigenvalue weighted by molar-refractivity contribution is 8.06. The van der Waals surface area contributed by atoms with Crippen LogP contribution in [0, 0.1) is 0 Å². The van der Waals surface area contributed by atoms with E-state index in [4.69, 9.17) is 7.85 Å². The minimum absolute atomic E-state index is 0.0473. The molecule has 0 saturated carbocycles. The molecule has 0 aliphatic heterocycles. The number of aliphatic hydroxyl groups is 1. The highest BCUT2D eigenvalue weighted by atomic mass is 32.2. The van der Waals surface area contributed by atoms with Crippen molar-refractivity contribution in [2.24, 2.45) is 0 Å². The van der Waals surface area contributed by atoms with E-state index in [2.05, 4.69) is 41.8 Å². The molecule has 196 valence electrons. The van der Waals surface area contributed by atoms with E-state index in [0.717, 1.165) is 58.2 Å². The largest absolute Gasteiger partial charge is 0.509 e. The maximum atomic E-state index is 12.0. The lowest BCUT2D eigenvalue weighted by atomic mass is 9.94. The van der Waals surface area contributed by atoms with Crippen LogP contribution in [-0.2, 0) is 11.2 Å². The number of rotatable bonds is 16. The standard InChI is InChI=1S/C29H39BN4O2S/c1-9-20(3)17-29(36)31-28-16-15-26(32-33-28)14-12-11-13-22(5)37-24(7)34(8)21(4)18-25(10-2)19-27(35)23(6)30/h9-10,15-16,19,35H,4-7,11-14,17-18H2,1-3,8H3,(H,31,33,36)/b20-9+,25-10-,27-19+. The van der Waals surface area contributed by atoms with Gasteiger partial charge in [0.15, 0.2) is 5.82 Å². The maximum absolute atomic E-state index is 12.0. The van der Waals surface area contributed by atoms with E-state index >= 15 is 0 Å². The zero-order chi connectivity index (χ0) is 28.0. The van der Waals surface area contributed by atoms with Crippen LogP contribution in [0.3, 0.4) is 0 Å². The quantitative estimate of drug-likeness (QED) is 0.0799. The first-order valence-corrected chi connectivity index (χ1v) is 13.0. The number of thioether (sulfide) groups is 1. The third-order valence-corrected chi connectivity index (χ3v) is 6.60. The van der Waals surface area contributed by atoms with Gasteiger partial charge in [0.1, 0.15) is 13.6 Å².